The zero-order valence-corrected chi connectivity index (χ0v) is 12.1. The van der Waals surface area contributed by atoms with E-state index >= 15 is 0 Å². The molecule has 110 valence electrons. The van der Waals surface area contributed by atoms with Gasteiger partial charge in [0.25, 0.3) is 0 Å². The van der Waals surface area contributed by atoms with Crippen molar-refractivity contribution in [2.24, 2.45) is 11.1 Å². The highest BCUT2D eigenvalue weighted by molar-refractivity contribution is 5.85. The van der Waals surface area contributed by atoms with Gasteiger partial charge in [0.1, 0.15) is 5.84 Å². The van der Waals surface area contributed by atoms with Crippen LogP contribution in [-0.2, 0) is 9.47 Å². The smallest absolute Gasteiger partial charge is 0.102 e. The van der Waals surface area contributed by atoms with Crippen LogP contribution in [0.5, 0.6) is 0 Å². The van der Waals surface area contributed by atoms with E-state index in [1.807, 2.05) is 0 Å². The normalized spacial score (nSPS) is 30.4. The first-order valence-electron chi connectivity index (χ1n) is 7.79. The molecular weight excluding hydrogens is 240 g/mol. The molecular formula is C15H28N2O2. The molecule has 2 aliphatic heterocycles. The fourth-order valence-corrected chi connectivity index (χ4v) is 3.65. The Labute approximate surface area is 116 Å². The summed E-state index contributed by atoms with van der Waals surface area (Å²) in [7, 11) is 0. The molecule has 3 N–H and O–H groups in total. The van der Waals surface area contributed by atoms with Crippen LogP contribution in [0.25, 0.3) is 0 Å². The van der Waals surface area contributed by atoms with E-state index < -0.39 is 0 Å². The quantitative estimate of drug-likeness (QED) is 0.424. The molecule has 4 nitrogen and oxygen atoms in total. The van der Waals surface area contributed by atoms with Gasteiger partial charge in [0.15, 0.2) is 0 Å². The van der Waals surface area contributed by atoms with Crippen molar-refractivity contribution in [3.05, 3.63) is 0 Å². The van der Waals surface area contributed by atoms with Gasteiger partial charge >= 0.3 is 0 Å². The summed E-state index contributed by atoms with van der Waals surface area (Å²) >= 11 is 0. The molecule has 4 heteroatoms. The van der Waals surface area contributed by atoms with Crippen LogP contribution in [0.4, 0.5) is 0 Å². The van der Waals surface area contributed by atoms with Gasteiger partial charge in [0, 0.05) is 13.2 Å². The number of ether oxygens (including phenoxy) is 2. The van der Waals surface area contributed by atoms with Crippen molar-refractivity contribution in [1.82, 2.24) is 0 Å². The molecule has 0 bridgehead atoms. The molecule has 0 amide bonds. The van der Waals surface area contributed by atoms with Gasteiger partial charge in [-0.05, 0) is 32.1 Å². The largest absolute Gasteiger partial charge is 0.387 e. The molecule has 2 rings (SSSR count). The number of nitrogens with two attached hydrogens (primary N) is 1. The van der Waals surface area contributed by atoms with Crippen molar-refractivity contribution in [2.75, 3.05) is 13.2 Å². The van der Waals surface area contributed by atoms with E-state index in [1.54, 1.807) is 0 Å². The van der Waals surface area contributed by atoms with Crippen LogP contribution in [0, 0.1) is 10.8 Å². The summed E-state index contributed by atoms with van der Waals surface area (Å²) in [6.07, 6.45) is 8.80. The highest BCUT2D eigenvalue weighted by Crippen LogP contribution is 2.44. The second-order valence-corrected chi connectivity index (χ2v) is 5.91. The minimum atomic E-state index is -0.373. The molecule has 2 fully saturated rings. The van der Waals surface area contributed by atoms with Gasteiger partial charge in [-0.3, -0.25) is 5.41 Å². The average Bonchev–Trinajstić information content (AvgIpc) is 3.07. The number of hydrogen-bond donors (Lipinski definition) is 2. The molecule has 19 heavy (non-hydrogen) atoms. The summed E-state index contributed by atoms with van der Waals surface area (Å²) in [5, 5.41) is 8.18. The standard InChI is InChI=1S/C15H28N2O2/c1-2-3-4-9-15(14(16)17,12-7-5-10-18-12)13-8-6-11-19-13/h12-13H,2-11H2,1H3,(H3,16,17). The Morgan fingerprint density at radius 2 is 1.74 bits per heavy atom. The summed E-state index contributed by atoms with van der Waals surface area (Å²) < 4.78 is 11.8. The summed E-state index contributed by atoms with van der Waals surface area (Å²) in [5.74, 6) is 0.280. The molecule has 0 saturated carbocycles. The predicted molar refractivity (Wildman–Crippen MR) is 76.4 cm³/mol. The number of rotatable bonds is 7. The lowest BCUT2D eigenvalue weighted by Gasteiger charge is -2.41. The molecule has 0 aromatic carbocycles. The highest BCUT2D eigenvalue weighted by atomic mass is 16.5. The van der Waals surface area contributed by atoms with E-state index in [-0.39, 0.29) is 23.5 Å². The average molecular weight is 268 g/mol. The maximum atomic E-state index is 8.18. The first-order chi connectivity index (χ1) is 9.21. The number of unbranched alkanes of at least 4 members (excludes halogenated alkanes) is 2. The lowest BCUT2D eigenvalue weighted by atomic mass is 9.70. The highest BCUT2D eigenvalue weighted by Gasteiger charge is 2.51. The molecule has 0 aliphatic carbocycles. The topological polar surface area (TPSA) is 68.3 Å². The third-order valence-corrected chi connectivity index (χ3v) is 4.70. The van der Waals surface area contributed by atoms with Crippen LogP contribution in [0.1, 0.15) is 58.3 Å². The third kappa shape index (κ3) is 2.95. The molecule has 2 unspecified atom stereocenters. The summed E-state index contributed by atoms with van der Waals surface area (Å²) in [4.78, 5) is 0. The van der Waals surface area contributed by atoms with E-state index in [0.29, 0.717) is 0 Å². The van der Waals surface area contributed by atoms with Gasteiger partial charge in [-0.15, -0.1) is 0 Å². The molecule has 2 atom stereocenters. The number of nitrogens with one attached hydrogen (secondary N) is 1. The van der Waals surface area contributed by atoms with Crippen molar-refractivity contribution in [2.45, 2.75) is 70.5 Å². The molecule has 0 aromatic rings. The van der Waals surface area contributed by atoms with Crippen molar-refractivity contribution >= 4 is 5.84 Å². The van der Waals surface area contributed by atoms with Crippen molar-refractivity contribution in [3.63, 3.8) is 0 Å². The minimum absolute atomic E-state index is 0.0879. The van der Waals surface area contributed by atoms with Crippen LogP contribution < -0.4 is 5.73 Å². The summed E-state index contributed by atoms with van der Waals surface area (Å²) in [6.45, 7) is 3.81. The van der Waals surface area contributed by atoms with E-state index in [9.17, 15) is 0 Å². The van der Waals surface area contributed by atoms with E-state index in [2.05, 4.69) is 6.92 Å². The lowest BCUT2D eigenvalue weighted by molar-refractivity contribution is -0.0560. The summed E-state index contributed by atoms with van der Waals surface area (Å²) in [6, 6.07) is 0. The van der Waals surface area contributed by atoms with Crippen LogP contribution in [0.2, 0.25) is 0 Å². The van der Waals surface area contributed by atoms with Crippen molar-refractivity contribution in [1.29, 1.82) is 5.41 Å². The lowest BCUT2D eigenvalue weighted by Crippen LogP contribution is -2.53. The van der Waals surface area contributed by atoms with E-state index in [4.69, 9.17) is 20.6 Å². The minimum Gasteiger partial charge on any atom is -0.387 e. The molecule has 0 spiro atoms. The van der Waals surface area contributed by atoms with Gasteiger partial charge in [-0.25, -0.2) is 0 Å². The second kappa shape index (κ2) is 6.71. The van der Waals surface area contributed by atoms with Crippen LogP contribution >= 0.6 is 0 Å². The summed E-state index contributed by atoms with van der Waals surface area (Å²) in [5.41, 5.74) is 5.66. The Hall–Kier alpha value is -0.610. The van der Waals surface area contributed by atoms with Crippen molar-refractivity contribution < 1.29 is 9.47 Å². The van der Waals surface area contributed by atoms with Gasteiger partial charge < -0.3 is 15.2 Å². The molecule has 2 heterocycles. The molecule has 2 aliphatic rings. The Bertz CT molecular complexity index is 279. The Morgan fingerprint density at radius 3 is 2.11 bits per heavy atom. The van der Waals surface area contributed by atoms with Gasteiger partial charge in [0.2, 0.25) is 0 Å². The second-order valence-electron chi connectivity index (χ2n) is 5.91. The monoisotopic (exact) mass is 268 g/mol. The van der Waals surface area contributed by atoms with E-state index in [0.717, 1.165) is 51.7 Å². The van der Waals surface area contributed by atoms with Crippen LogP contribution in [-0.4, -0.2) is 31.3 Å². The first-order valence-corrected chi connectivity index (χ1v) is 7.79. The van der Waals surface area contributed by atoms with Gasteiger partial charge in [-0.2, -0.15) is 0 Å². The predicted octanol–water partition coefficient (Wildman–Crippen LogP) is 2.85. The SMILES string of the molecule is CCCCCC(C(=N)N)(C1CCCO1)C1CCCO1. The van der Waals surface area contributed by atoms with E-state index in [1.165, 1.54) is 12.8 Å². The van der Waals surface area contributed by atoms with Crippen LogP contribution in [0.15, 0.2) is 0 Å². The fourth-order valence-electron chi connectivity index (χ4n) is 3.65. The molecule has 0 aromatic heterocycles. The fraction of sp³-hybridized carbons (Fsp3) is 0.933. The Kier molecular flexibility index (Phi) is 5.22. The maximum Gasteiger partial charge on any atom is 0.102 e. The third-order valence-electron chi connectivity index (χ3n) is 4.70. The molecule has 2 saturated heterocycles. The van der Waals surface area contributed by atoms with Gasteiger partial charge in [-0.1, -0.05) is 26.2 Å². The zero-order valence-electron chi connectivity index (χ0n) is 12.1. The molecule has 0 radical (unpaired) electrons. The number of hydrogen-bond acceptors (Lipinski definition) is 3. The van der Waals surface area contributed by atoms with Crippen LogP contribution in [0.3, 0.4) is 0 Å². The van der Waals surface area contributed by atoms with Crippen molar-refractivity contribution in [3.8, 4) is 0 Å². The van der Waals surface area contributed by atoms with Gasteiger partial charge in [0.05, 0.1) is 17.6 Å². The number of amidine groups is 1. The Morgan fingerprint density at radius 1 is 1.16 bits per heavy atom. The zero-order chi connectivity index (χ0) is 13.7. The Balaban J connectivity index is 2.18. The maximum absolute atomic E-state index is 8.18. The first kappa shape index (κ1) is 14.8.